The van der Waals surface area contributed by atoms with Crippen molar-refractivity contribution >= 4 is 22.9 Å². The molecule has 2 aromatic rings. The largest absolute Gasteiger partial charge is 0.508 e. The normalized spacial score (nSPS) is 10.4. The van der Waals surface area contributed by atoms with Gasteiger partial charge in [0.2, 0.25) is 0 Å². The van der Waals surface area contributed by atoms with Gasteiger partial charge in [-0.15, -0.1) is 11.3 Å². The first-order valence-electron chi connectivity index (χ1n) is 5.64. The molecule has 0 aliphatic rings. The van der Waals surface area contributed by atoms with Crippen LogP contribution in [0.25, 0.3) is 0 Å². The Balaban J connectivity index is 2.28. The van der Waals surface area contributed by atoms with E-state index in [-0.39, 0.29) is 11.7 Å². The van der Waals surface area contributed by atoms with Gasteiger partial charge < -0.3 is 10.4 Å². The van der Waals surface area contributed by atoms with Crippen molar-refractivity contribution in [3.63, 3.8) is 0 Å². The number of anilines is 1. The quantitative estimate of drug-likeness (QED) is 0.811. The van der Waals surface area contributed by atoms with Crippen LogP contribution in [0.4, 0.5) is 5.69 Å². The van der Waals surface area contributed by atoms with Gasteiger partial charge in [0.15, 0.2) is 0 Å². The van der Waals surface area contributed by atoms with Crippen LogP contribution in [-0.2, 0) is 0 Å². The monoisotopic (exact) mass is 261 g/mol. The molecule has 2 N–H and O–H groups in total. The average molecular weight is 261 g/mol. The summed E-state index contributed by atoms with van der Waals surface area (Å²) >= 11 is 1.43. The maximum atomic E-state index is 12.1. The predicted molar refractivity (Wildman–Crippen MR) is 74.6 cm³/mol. The highest BCUT2D eigenvalue weighted by molar-refractivity contribution is 7.12. The summed E-state index contributed by atoms with van der Waals surface area (Å²) in [6.07, 6.45) is 0. The minimum absolute atomic E-state index is 0.101. The lowest BCUT2D eigenvalue weighted by Crippen LogP contribution is -2.12. The van der Waals surface area contributed by atoms with Crippen molar-refractivity contribution in [2.45, 2.75) is 20.8 Å². The Labute approximate surface area is 110 Å². The molecule has 0 unspecified atom stereocenters. The van der Waals surface area contributed by atoms with Gasteiger partial charge in [-0.2, -0.15) is 0 Å². The van der Waals surface area contributed by atoms with Gasteiger partial charge in [-0.25, -0.2) is 0 Å². The Hall–Kier alpha value is -1.81. The van der Waals surface area contributed by atoms with Crippen molar-refractivity contribution < 1.29 is 9.90 Å². The van der Waals surface area contributed by atoms with E-state index in [2.05, 4.69) is 5.32 Å². The van der Waals surface area contributed by atoms with Crippen molar-refractivity contribution in [2.75, 3.05) is 5.32 Å². The molecule has 0 aliphatic carbocycles. The van der Waals surface area contributed by atoms with E-state index in [1.807, 2.05) is 25.3 Å². The minimum Gasteiger partial charge on any atom is -0.508 e. The molecule has 4 heteroatoms. The fraction of sp³-hybridized carbons (Fsp3) is 0.214. The SMILES string of the molecule is Cc1cc(NC(=O)c2sccc2C)c(C)cc1O. The number of carbonyl (C=O) groups excluding carboxylic acids is 1. The van der Waals surface area contributed by atoms with Crippen LogP contribution in [0.3, 0.4) is 0 Å². The molecular weight excluding hydrogens is 246 g/mol. The van der Waals surface area contributed by atoms with E-state index < -0.39 is 0 Å². The first kappa shape index (κ1) is 12.6. The van der Waals surface area contributed by atoms with Gasteiger partial charge in [0, 0.05) is 5.69 Å². The third-order valence-corrected chi connectivity index (χ3v) is 3.87. The number of carbonyl (C=O) groups is 1. The summed E-state index contributed by atoms with van der Waals surface area (Å²) in [5.74, 6) is 0.147. The zero-order chi connectivity index (χ0) is 13.3. The van der Waals surface area contributed by atoms with E-state index in [0.29, 0.717) is 0 Å². The number of hydrogen-bond acceptors (Lipinski definition) is 3. The average Bonchev–Trinajstić information content (AvgIpc) is 2.72. The smallest absolute Gasteiger partial charge is 0.266 e. The van der Waals surface area contributed by atoms with Crippen molar-refractivity contribution in [2.24, 2.45) is 0 Å². The number of amides is 1. The van der Waals surface area contributed by atoms with Gasteiger partial charge in [0.1, 0.15) is 5.75 Å². The van der Waals surface area contributed by atoms with Crippen LogP contribution < -0.4 is 5.32 Å². The summed E-state index contributed by atoms with van der Waals surface area (Å²) < 4.78 is 0. The third kappa shape index (κ3) is 2.38. The lowest BCUT2D eigenvalue weighted by atomic mass is 10.1. The molecular formula is C14H15NO2S. The minimum atomic E-state index is -0.101. The number of hydrogen-bond donors (Lipinski definition) is 2. The van der Waals surface area contributed by atoms with Gasteiger partial charge in [0.05, 0.1) is 4.88 Å². The Bertz CT molecular complexity index is 602. The fourth-order valence-electron chi connectivity index (χ4n) is 1.72. The topological polar surface area (TPSA) is 49.3 Å². The highest BCUT2D eigenvalue weighted by Gasteiger charge is 2.12. The zero-order valence-corrected chi connectivity index (χ0v) is 11.4. The van der Waals surface area contributed by atoms with Crippen molar-refractivity contribution in [1.29, 1.82) is 0 Å². The molecule has 1 aromatic carbocycles. The zero-order valence-electron chi connectivity index (χ0n) is 10.6. The van der Waals surface area contributed by atoms with Crippen LogP contribution in [-0.4, -0.2) is 11.0 Å². The van der Waals surface area contributed by atoms with Crippen LogP contribution in [0, 0.1) is 20.8 Å². The standard InChI is InChI=1S/C14H15NO2S/c1-8-4-5-18-13(8)14(17)15-11-6-10(3)12(16)7-9(11)2/h4-7,16H,1-3H3,(H,15,17). The van der Waals surface area contributed by atoms with Crippen molar-refractivity contribution in [3.8, 4) is 5.75 Å². The van der Waals surface area contributed by atoms with Crippen LogP contribution >= 0.6 is 11.3 Å². The van der Waals surface area contributed by atoms with E-state index in [1.54, 1.807) is 19.1 Å². The van der Waals surface area contributed by atoms with Gasteiger partial charge in [-0.05, 0) is 61.0 Å². The van der Waals surface area contributed by atoms with Crippen LogP contribution in [0.2, 0.25) is 0 Å². The van der Waals surface area contributed by atoms with Crippen molar-refractivity contribution in [1.82, 2.24) is 0 Å². The number of rotatable bonds is 2. The molecule has 0 bridgehead atoms. The number of benzene rings is 1. The molecule has 3 nitrogen and oxygen atoms in total. The summed E-state index contributed by atoms with van der Waals surface area (Å²) in [6, 6.07) is 5.37. The van der Waals surface area contributed by atoms with E-state index in [1.165, 1.54) is 11.3 Å². The number of aryl methyl sites for hydroxylation is 3. The molecule has 0 atom stereocenters. The second-order valence-electron chi connectivity index (χ2n) is 4.34. The molecule has 0 radical (unpaired) electrons. The first-order chi connectivity index (χ1) is 8.49. The molecule has 0 spiro atoms. The summed E-state index contributed by atoms with van der Waals surface area (Å²) in [5, 5.41) is 14.4. The number of nitrogens with one attached hydrogen (secondary N) is 1. The molecule has 18 heavy (non-hydrogen) atoms. The molecule has 0 saturated carbocycles. The van der Waals surface area contributed by atoms with Crippen molar-refractivity contribution in [3.05, 3.63) is 45.1 Å². The maximum Gasteiger partial charge on any atom is 0.266 e. The van der Waals surface area contributed by atoms with Gasteiger partial charge in [-0.1, -0.05) is 0 Å². The fourth-order valence-corrected chi connectivity index (χ4v) is 2.54. The Morgan fingerprint density at radius 3 is 2.50 bits per heavy atom. The van der Waals surface area contributed by atoms with Crippen LogP contribution in [0.1, 0.15) is 26.4 Å². The van der Waals surface area contributed by atoms with Gasteiger partial charge in [0.25, 0.3) is 5.91 Å². The highest BCUT2D eigenvalue weighted by atomic mass is 32.1. The third-order valence-electron chi connectivity index (χ3n) is 2.86. The molecule has 1 aromatic heterocycles. The second-order valence-corrected chi connectivity index (χ2v) is 5.26. The molecule has 0 fully saturated rings. The van der Waals surface area contributed by atoms with Crippen LogP contribution in [0.15, 0.2) is 23.6 Å². The second kappa shape index (κ2) is 4.82. The molecule has 1 heterocycles. The first-order valence-corrected chi connectivity index (χ1v) is 6.52. The van der Waals surface area contributed by atoms with E-state index in [9.17, 15) is 9.90 Å². The predicted octanol–water partition coefficient (Wildman–Crippen LogP) is 3.63. The highest BCUT2D eigenvalue weighted by Crippen LogP contribution is 2.26. The Morgan fingerprint density at radius 2 is 1.89 bits per heavy atom. The molecule has 1 amide bonds. The summed E-state index contributed by atoms with van der Waals surface area (Å²) in [5.41, 5.74) is 3.31. The van der Waals surface area contributed by atoms with Gasteiger partial charge in [-0.3, -0.25) is 4.79 Å². The molecule has 94 valence electrons. The number of phenols is 1. The summed E-state index contributed by atoms with van der Waals surface area (Å²) in [4.78, 5) is 12.8. The summed E-state index contributed by atoms with van der Waals surface area (Å²) in [6.45, 7) is 5.58. The van der Waals surface area contributed by atoms with Crippen LogP contribution in [0.5, 0.6) is 5.75 Å². The van der Waals surface area contributed by atoms with Gasteiger partial charge >= 0.3 is 0 Å². The maximum absolute atomic E-state index is 12.1. The lowest BCUT2D eigenvalue weighted by molar-refractivity contribution is 0.103. The van der Waals surface area contributed by atoms with E-state index >= 15 is 0 Å². The molecule has 2 rings (SSSR count). The summed E-state index contributed by atoms with van der Waals surface area (Å²) in [7, 11) is 0. The van der Waals surface area contributed by atoms with E-state index in [4.69, 9.17) is 0 Å². The molecule has 0 aliphatic heterocycles. The number of aromatic hydroxyl groups is 1. The lowest BCUT2D eigenvalue weighted by Gasteiger charge is -2.10. The Kier molecular flexibility index (Phi) is 3.39. The number of phenolic OH excluding ortho intramolecular Hbond substituents is 1. The Morgan fingerprint density at radius 1 is 1.17 bits per heavy atom. The number of thiophene rings is 1. The molecule has 0 saturated heterocycles. The van der Waals surface area contributed by atoms with E-state index in [0.717, 1.165) is 27.3 Å².